The van der Waals surface area contributed by atoms with Gasteiger partial charge in [-0.15, -0.1) is 0 Å². The Balaban J connectivity index is 1.62. The number of amides is 1. The summed E-state index contributed by atoms with van der Waals surface area (Å²) in [7, 11) is 0. The quantitative estimate of drug-likeness (QED) is 0.881. The van der Waals surface area contributed by atoms with Crippen LogP contribution in [0.5, 0.6) is 0 Å². The third kappa shape index (κ3) is 3.63. The van der Waals surface area contributed by atoms with E-state index in [0.29, 0.717) is 12.5 Å². The predicted octanol–water partition coefficient (Wildman–Crippen LogP) is 3.02. The van der Waals surface area contributed by atoms with Crippen LogP contribution < -0.4 is 5.32 Å². The van der Waals surface area contributed by atoms with Crippen LogP contribution in [0, 0.1) is 6.92 Å². The lowest BCUT2D eigenvalue weighted by Crippen LogP contribution is -2.35. The van der Waals surface area contributed by atoms with Gasteiger partial charge in [0.2, 0.25) is 5.91 Å². The van der Waals surface area contributed by atoms with Gasteiger partial charge in [0.05, 0.1) is 12.1 Å². The second-order valence-electron chi connectivity index (χ2n) is 6.13. The largest absolute Gasteiger partial charge is 0.353 e. The van der Waals surface area contributed by atoms with Crippen molar-refractivity contribution in [3.63, 3.8) is 0 Å². The average molecular weight is 285 g/mol. The van der Waals surface area contributed by atoms with E-state index in [0.717, 1.165) is 24.2 Å². The van der Waals surface area contributed by atoms with Crippen LogP contribution in [0.2, 0.25) is 0 Å². The van der Waals surface area contributed by atoms with Gasteiger partial charge in [0.15, 0.2) is 0 Å². The summed E-state index contributed by atoms with van der Waals surface area (Å²) in [6.07, 6.45) is 11.6. The van der Waals surface area contributed by atoms with Gasteiger partial charge in [-0.05, 0) is 37.5 Å². The SMILES string of the molecule is Cc1ccn2cc(CC(=O)NC3CCCCCC3)nc2c1. The number of imidazole rings is 1. The lowest BCUT2D eigenvalue weighted by Gasteiger charge is -2.15. The maximum Gasteiger partial charge on any atom is 0.226 e. The molecule has 0 aromatic carbocycles. The van der Waals surface area contributed by atoms with Gasteiger partial charge in [-0.2, -0.15) is 0 Å². The first-order valence-corrected chi connectivity index (χ1v) is 7.94. The van der Waals surface area contributed by atoms with Crippen molar-refractivity contribution in [2.75, 3.05) is 0 Å². The first-order valence-electron chi connectivity index (χ1n) is 7.94. The molecule has 1 aliphatic carbocycles. The van der Waals surface area contributed by atoms with E-state index in [9.17, 15) is 4.79 Å². The van der Waals surface area contributed by atoms with Gasteiger partial charge < -0.3 is 9.72 Å². The van der Waals surface area contributed by atoms with Crippen molar-refractivity contribution < 1.29 is 4.79 Å². The summed E-state index contributed by atoms with van der Waals surface area (Å²) in [5, 5.41) is 3.17. The summed E-state index contributed by atoms with van der Waals surface area (Å²) < 4.78 is 1.97. The van der Waals surface area contributed by atoms with Crippen LogP contribution in [0.1, 0.15) is 49.8 Å². The Morgan fingerprint density at radius 1 is 1.33 bits per heavy atom. The number of aryl methyl sites for hydroxylation is 1. The first-order chi connectivity index (χ1) is 10.2. The van der Waals surface area contributed by atoms with Crippen LogP contribution in [0.25, 0.3) is 5.65 Å². The zero-order valence-electron chi connectivity index (χ0n) is 12.6. The number of hydrogen-bond acceptors (Lipinski definition) is 2. The molecular weight excluding hydrogens is 262 g/mol. The minimum Gasteiger partial charge on any atom is -0.353 e. The fourth-order valence-electron chi connectivity index (χ4n) is 3.09. The van der Waals surface area contributed by atoms with Crippen molar-refractivity contribution in [2.45, 2.75) is 57.9 Å². The number of nitrogens with zero attached hydrogens (tertiary/aromatic N) is 2. The fourth-order valence-corrected chi connectivity index (χ4v) is 3.09. The van der Waals surface area contributed by atoms with Crippen LogP contribution in [0.3, 0.4) is 0 Å². The van der Waals surface area contributed by atoms with Crippen LogP contribution in [0.15, 0.2) is 24.5 Å². The summed E-state index contributed by atoms with van der Waals surface area (Å²) in [4.78, 5) is 16.7. The fraction of sp³-hybridized carbons (Fsp3) is 0.529. The van der Waals surface area contributed by atoms with E-state index in [1.165, 1.54) is 31.2 Å². The smallest absolute Gasteiger partial charge is 0.226 e. The number of pyridine rings is 1. The highest BCUT2D eigenvalue weighted by atomic mass is 16.1. The van der Waals surface area contributed by atoms with E-state index >= 15 is 0 Å². The predicted molar refractivity (Wildman–Crippen MR) is 83.3 cm³/mol. The molecule has 0 radical (unpaired) electrons. The Labute approximate surface area is 125 Å². The molecule has 0 spiro atoms. The van der Waals surface area contributed by atoms with E-state index < -0.39 is 0 Å². The van der Waals surface area contributed by atoms with Crippen LogP contribution >= 0.6 is 0 Å². The van der Waals surface area contributed by atoms with Crippen LogP contribution in [0.4, 0.5) is 0 Å². The summed E-state index contributed by atoms with van der Waals surface area (Å²) in [5.74, 6) is 0.0991. The van der Waals surface area contributed by atoms with Gasteiger partial charge >= 0.3 is 0 Å². The van der Waals surface area contributed by atoms with Gasteiger partial charge in [-0.1, -0.05) is 25.7 Å². The summed E-state index contributed by atoms with van der Waals surface area (Å²) in [6, 6.07) is 4.44. The lowest BCUT2D eigenvalue weighted by atomic mass is 10.1. The van der Waals surface area contributed by atoms with E-state index in [4.69, 9.17) is 0 Å². The summed E-state index contributed by atoms with van der Waals surface area (Å²) in [5.41, 5.74) is 2.93. The maximum atomic E-state index is 12.2. The van der Waals surface area contributed by atoms with E-state index in [1.54, 1.807) is 0 Å². The highest BCUT2D eigenvalue weighted by Gasteiger charge is 2.15. The minimum atomic E-state index is 0.0991. The van der Waals surface area contributed by atoms with Gasteiger partial charge in [-0.3, -0.25) is 4.79 Å². The molecule has 4 nitrogen and oxygen atoms in total. The summed E-state index contributed by atoms with van der Waals surface area (Å²) in [6.45, 7) is 2.05. The second kappa shape index (κ2) is 6.29. The molecule has 1 amide bonds. The molecule has 0 bridgehead atoms. The van der Waals surface area contributed by atoms with Gasteiger partial charge in [0.1, 0.15) is 5.65 Å². The Bertz CT molecular complexity index is 624. The van der Waals surface area contributed by atoms with Crippen molar-refractivity contribution in [2.24, 2.45) is 0 Å². The number of rotatable bonds is 3. The standard InChI is InChI=1S/C17H23N3O/c1-13-8-9-20-12-15(18-16(20)10-13)11-17(21)19-14-6-4-2-3-5-7-14/h8-10,12,14H,2-7,11H2,1H3,(H,19,21). The van der Waals surface area contributed by atoms with E-state index in [1.807, 2.05) is 35.9 Å². The number of hydrogen-bond donors (Lipinski definition) is 1. The number of aromatic nitrogens is 2. The first kappa shape index (κ1) is 14.1. The number of nitrogens with one attached hydrogen (secondary N) is 1. The van der Waals surface area contributed by atoms with E-state index in [2.05, 4.69) is 10.3 Å². The van der Waals surface area contributed by atoms with Crippen molar-refractivity contribution in [1.29, 1.82) is 0 Å². The number of carbonyl (C=O) groups is 1. The third-order valence-electron chi connectivity index (χ3n) is 4.23. The van der Waals surface area contributed by atoms with Crippen LogP contribution in [-0.2, 0) is 11.2 Å². The normalized spacial score (nSPS) is 16.8. The minimum absolute atomic E-state index is 0.0991. The topological polar surface area (TPSA) is 46.4 Å². The molecule has 0 atom stereocenters. The van der Waals surface area contributed by atoms with Crippen LogP contribution in [-0.4, -0.2) is 21.3 Å². The molecule has 112 valence electrons. The molecule has 1 saturated carbocycles. The monoisotopic (exact) mass is 285 g/mol. The van der Waals surface area contributed by atoms with Gasteiger partial charge in [-0.25, -0.2) is 4.98 Å². The molecule has 1 aliphatic rings. The average Bonchev–Trinajstić information content (AvgIpc) is 2.66. The van der Waals surface area contributed by atoms with Crippen molar-refractivity contribution in [1.82, 2.24) is 14.7 Å². The molecule has 2 aromatic rings. The molecule has 1 fully saturated rings. The molecule has 3 rings (SSSR count). The molecule has 0 aliphatic heterocycles. The Morgan fingerprint density at radius 3 is 2.86 bits per heavy atom. The highest BCUT2D eigenvalue weighted by molar-refractivity contribution is 5.78. The van der Waals surface area contributed by atoms with E-state index in [-0.39, 0.29) is 5.91 Å². The second-order valence-corrected chi connectivity index (χ2v) is 6.13. The Kier molecular flexibility index (Phi) is 4.23. The zero-order chi connectivity index (χ0) is 14.7. The maximum absolute atomic E-state index is 12.2. The van der Waals surface area contributed by atoms with Gasteiger partial charge in [0.25, 0.3) is 0 Å². The lowest BCUT2D eigenvalue weighted by molar-refractivity contribution is -0.121. The Hall–Kier alpha value is -1.84. The highest BCUT2D eigenvalue weighted by Crippen LogP contribution is 2.17. The van der Waals surface area contributed by atoms with Crippen molar-refractivity contribution in [3.05, 3.63) is 35.8 Å². The zero-order valence-corrected chi connectivity index (χ0v) is 12.6. The summed E-state index contributed by atoms with van der Waals surface area (Å²) >= 11 is 0. The molecule has 0 saturated heterocycles. The molecule has 2 aromatic heterocycles. The third-order valence-corrected chi connectivity index (χ3v) is 4.23. The Morgan fingerprint density at radius 2 is 2.10 bits per heavy atom. The molecular formula is C17H23N3O. The molecule has 2 heterocycles. The van der Waals surface area contributed by atoms with Crippen molar-refractivity contribution >= 4 is 11.6 Å². The molecule has 4 heteroatoms. The molecule has 1 N–H and O–H groups in total. The van der Waals surface area contributed by atoms with Crippen molar-refractivity contribution in [3.8, 4) is 0 Å². The van der Waals surface area contributed by atoms with Gasteiger partial charge in [0, 0.05) is 18.4 Å². The molecule has 21 heavy (non-hydrogen) atoms. The molecule has 0 unspecified atom stereocenters. The number of fused-ring (bicyclic) bond motifs is 1. The number of carbonyl (C=O) groups excluding carboxylic acids is 1.